The molecule has 0 radical (unpaired) electrons. The Bertz CT molecular complexity index is 301. The van der Waals surface area contributed by atoms with Crippen LogP contribution in [0.25, 0.3) is 0 Å². The number of rotatable bonds is 2. The number of carboxylic acid groups (broad SMARTS) is 1. The first kappa shape index (κ1) is 8.96. The van der Waals surface area contributed by atoms with Gasteiger partial charge in [-0.15, -0.1) is 11.6 Å². The molecule has 3 N–H and O–H groups in total. The van der Waals surface area contributed by atoms with E-state index in [4.69, 9.17) is 22.4 Å². The van der Waals surface area contributed by atoms with Crippen molar-refractivity contribution in [2.75, 3.05) is 0 Å². The highest BCUT2D eigenvalue weighted by Gasteiger charge is 2.13. The normalized spacial score (nSPS) is 12.5. The third kappa shape index (κ3) is 1.72. The predicted octanol–water partition coefficient (Wildman–Crippen LogP) is 0.976. The van der Waals surface area contributed by atoms with E-state index in [1.54, 1.807) is 0 Å². The first-order chi connectivity index (χ1) is 5.63. The van der Waals surface area contributed by atoms with Gasteiger partial charge in [0.05, 0.1) is 5.56 Å². The van der Waals surface area contributed by atoms with Crippen LogP contribution in [0, 0.1) is 0 Å². The Balaban J connectivity index is 3.17. The molecule has 5 heteroatoms. The van der Waals surface area contributed by atoms with E-state index < -0.39 is 11.5 Å². The summed E-state index contributed by atoms with van der Waals surface area (Å²) in [6.45, 7) is 0. The number of aromatic nitrogens is 1. The van der Waals surface area contributed by atoms with E-state index in [0.29, 0.717) is 5.56 Å². The van der Waals surface area contributed by atoms with Crippen molar-refractivity contribution in [3.63, 3.8) is 0 Å². The maximum atomic E-state index is 10.6. The van der Waals surface area contributed by atoms with Crippen molar-refractivity contribution in [3.05, 3.63) is 29.6 Å². The number of carbonyl (C=O) groups is 1. The lowest BCUT2D eigenvalue weighted by molar-refractivity contribution is 0.0695. The fourth-order valence-corrected chi connectivity index (χ4v) is 0.995. The number of alkyl halides is 1. The van der Waals surface area contributed by atoms with Crippen LogP contribution in [0.15, 0.2) is 18.5 Å². The number of halogens is 1. The zero-order valence-corrected chi connectivity index (χ0v) is 6.82. The molecular weight excluding hydrogens is 180 g/mol. The first-order valence-corrected chi connectivity index (χ1v) is 3.63. The van der Waals surface area contributed by atoms with E-state index in [-0.39, 0.29) is 5.56 Å². The lowest BCUT2D eigenvalue weighted by Gasteiger charge is -2.05. The fourth-order valence-electron chi connectivity index (χ4n) is 0.821. The van der Waals surface area contributed by atoms with E-state index in [9.17, 15) is 4.79 Å². The predicted molar refractivity (Wildman–Crippen MR) is 44.0 cm³/mol. The molecule has 1 unspecified atom stereocenters. The van der Waals surface area contributed by atoms with Gasteiger partial charge in [-0.3, -0.25) is 4.98 Å². The second-order valence-electron chi connectivity index (χ2n) is 2.17. The average molecular weight is 187 g/mol. The molecule has 0 saturated carbocycles. The third-order valence-electron chi connectivity index (χ3n) is 1.38. The van der Waals surface area contributed by atoms with Gasteiger partial charge in [0.2, 0.25) is 0 Å². The highest BCUT2D eigenvalue weighted by molar-refractivity contribution is 6.20. The minimum atomic E-state index is -1.05. The van der Waals surface area contributed by atoms with Crippen LogP contribution in [-0.4, -0.2) is 16.1 Å². The molecule has 1 atom stereocenters. The minimum absolute atomic E-state index is 0.0903. The summed E-state index contributed by atoms with van der Waals surface area (Å²) in [5.74, 6) is -1.05. The molecule has 0 aromatic carbocycles. The second-order valence-corrected chi connectivity index (χ2v) is 2.64. The molecule has 12 heavy (non-hydrogen) atoms. The molecule has 0 saturated heterocycles. The van der Waals surface area contributed by atoms with Crippen molar-refractivity contribution < 1.29 is 9.90 Å². The highest BCUT2D eigenvalue weighted by atomic mass is 35.5. The van der Waals surface area contributed by atoms with Gasteiger partial charge in [0.25, 0.3) is 0 Å². The van der Waals surface area contributed by atoms with E-state index in [0.717, 1.165) is 0 Å². The molecule has 64 valence electrons. The number of nitrogens with zero attached hydrogens (tertiary/aromatic N) is 1. The van der Waals surface area contributed by atoms with Gasteiger partial charge >= 0.3 is 5.97 Å². The summed E-state index contributed by atoms with van der Waals surface area (Å²) in [4.78, 5) is 14.3. The molecule has 0 bridgehead atoms. The van der Waals surface area contributed by atoms with Gasteiger partial charge < -0.3 is 10.8 Å². The largest absolute Gasteiger partial charge is 0.478 e. The van der Waals surface area contributed by atoms with Crippen LogP contribution < -0.4 is 5.73 Å². The number of hydrogen-bond donors (Lipinski definition) is 2. The Morgan fingerprint density at radius 2 is 2.42 bits per heavy atom. The van der Waals surface area contributed by atoms with Crippen LogP contribution in [0.3, 0.4) is 0 Å². The Labute approximate surface area is 74.0 Å². The molecule has 0 spiro atoms. The van der Waals surface area contributed by atoms with Crippen LogP contribution in [0.2, 0.25) is 0 Å². The van der Waals surface area contributed by atoms with E-state index in [1.807, 2.05) is 0 Å². The van der Waals surface area contributed by atoms with Crippen molar-refractivity contribution >= 4 is 17.6 Å². The Morgan fingerprint density at radius 3 is 2.83 bits per heavy atom. The highest BCUT2D eigenvalue weighted by Crippen LogP contribution is 2.17. The molecular formula is C7H7ClN2O2. The van der Waals surface area contributed by atoms with Crippen molar-refractivity contribution in [1.29, 1.82) is 0 Å². The summed E-state index contributed by atoms with van der Waals surface area (Å²) in [5.41, 5.74) is 4.90. The quantitative estimate of drug-likeness (QED) is 0.533. The summed E-state index contributed by atoms with van der Waals surface area (Å²) in [7, 11) is 0. The Hall–Kier alpha value is -1.13. The zero-order chi connectivity index (χ0) is 9.14. The molecule has 0 fully saturated rings. The van der Waals surface area contributed by atoms with Gasteiger partial charge in [-0.05, 0) is 6.07 Å². The Kier molecular flexibility index (Phi) is 2.62. The molecule has 0 amide bonds. The molecule has 0 aliphatic heterocycles. The number of hydrogen-bond acceptors (Lipinski definition) is 3. The van der Waals surface area contributed by atoms with Gasteiger partial charge in [-0.1, -0.05) is 0 Å². The SMILES string of the molecule is NC(Cl)c1cnccc1C(=O)O. The molecule has 1 heterocycles. The number of nitrogens with two attached hydrogens (primary N) is 1. The van der Waals surface area contributed by atoms with Crippen LogP contribution in [0.4, 0.5) is 0 Å². The van der Waals surface area contributed by atoms with E-state index >= 15 is 0 Å². The van der Waals surface area contributed by atoms with Crippen LogP contribution in [0.5, 0.6) is 0 Å². The number of aromatic carboxylic acids is 1. The number of pyridine rings is 1. The lowest BCUT2D eigenvalue weighted by atomic mass is 10.1. The maximum Gasteiger partial charge on any atom is 0.336 e. The maximum absolute atomic E-state index is 10.6. The van der Waals surface area contributed by atoms with E-state index in [2.05, 4.69) is 4.98 Å². The van der Waals surface area contributed by atoms with Crippen molar-refractivity contribution in [2.24, 2.45) is 5.73 Å². The second kappa shape index (κ2) is 3.51. The lowest BCUT2D eigenvalue weighted by Crippen LogP contribution is -2.10. The molecule has 1 rings (SSSR count). The zero-order valence-electron chi connectivity index (χ0n) is 6.07. The van der Waals surface area contributed by atoms with Crippen LogP contribution in [0.1, 0.15) is 21.4 Å². The van der Waals surface area contributed by atoms with Gasteiger partial charge in [-0.25, -0.2) is 4.79 Å². The smallest absolute Gasteiger partial charge is 0.336 e. The monoisotopic (exact) mass is 186 g/mol. The number of carboxylic acids is 1. The van der Waals surface area contributed by atoms with Crippen molar-refractivity contribution in [1.82, 2.24) is 4.98 Å². The third-order valence-corrected chi connectivity index (χ3v) is 1.61. The standard InChI is InChI=1S/C7H7ClN2O2/c8-6(9)5-3-10-2-1-4(5)7(11)12/h1-3,6H,9H2,(H,11,12). The van der Waals surface area contributed by atoms with Gasteiger partial charge in [0.15, 0.2) is 0 Å². The fraction of sp³-hybridized carbons (Fsp3) is 0.143. The summed E-state index contributed by atoms with van der Waals surface area (Å²) < 4.78 is 0. The van der Waals surface area contributed by atoms with E-state index in [1.165, 1.54) is 18.5 Å². The summed E-state index contributed by atoms with van der Waals surface area (Å²) >= 11 is 5.53. The summed E-state index contributed by atoms with van der Waals surface area (Å²) in [5, 5.41) is 8.67. The van der Waals surface area contributed by atoms with Gasteiger partial charge in [-0.2, -0.15) is 0 Å². The molecule has 1 aromatic rings. The molecule has 0 aliphatic rings. The van der Waals surface area contributed by atoms with Crippen LogP contribution in [-0.2, 0) is 0 Å². The average Bonchev–Trinajstić information content (AvgIpc) is 2.04. The van der Waals surface area contributed by atoms with Crippen molar-refractivity contribution in [2.45, 2.75) is 5.50 Å². The van der Waals surface area contributed by atoms with Crippen LogP contribution >= 0.6 is 11.6 Å². The van der Waals surface area contributed by atoms with Gasteiger partial charge in [0.1, 0.15) is 5.50 Å². The minimum Gasteiger partial charge on any atom is -0.478 e. The Morgan fingerprint density at radius 1 is 1.75 bits per heavy atom. The molecule has 0 aliphatic carbocycles. The molecule has 4 nitrogen and oxygen atoms in total. The molecule has 1 aromatic heterocycles. The topological polar surface area (TPSA) is 76.2 Å². The summed E-state index contributed by atoms with van der Waals surface area (Å²) in [6.07, 6.45) is 2.73. The van der Waals surface area contributed by atoms with Gasteiger partial charge in [0, 0.05) is 18.0 Å². The first-order valence-electron chi connectivity index (χ1n) is 3.20. The summed E-state index contributed by atoms with van der Waals surface area (Å²) in [6, 6.07) is 1.36. The van der Waals surface area contributed by atoms with Crippen molar-refractivity contribution in [3.8, 4) is 0 Å².